The third-order valence-corrected chi connectivity index (χ3v) is 4.58. The van der Waals surface area contributed by atoms with Crippen LogP contribution < -0.4 is 9.47 Å². The van der Waals surface area contributed by atoms with Crippen LogP contribution in [-0.2, 0) is 0 Å². The SMILES string of the molecule is ClCCCOc1ccc(-c2nc3ccc(OCCCI)cc3o2)cc1. The van der Waals surface area contributed by atoms with Crippen molar-refractivity contribution in [3.05, 3.63) is 42.5 Å². The molecular weight excluding hydrogens is 453 g/mol. The maximum atomic E-state index is 5.89. The Kier molecular flexibility index (Phi) is 6.81. The first-order valence-electron chi connectivity index (χ1n) is 8.18. The number of fused-ring (bicyclic) bond motifs is 1. The summed E-state index contributed by atoms with van der Waals surface area (Å²) in [5, 5.41) is 0. The fourth-order valence-corrected chi connectivity index (χ4v) is 2.72. The van der Waals surface area contributed by atoms with Gasteiger partial charge in [-0.1, -0.05) is 22.6 Å². The van der Waals surface area contributed by atoms with Crippen molar-refractivity contribution in [1.82, 2.24) is 4.98 Å². The zero-order valence-corrected chi connectivity index (χ0v) is 16.6. The second-order valence-electron chi connectivity index (χ2n) is 5.45. The zero-order chi connectivity index (χ0) is 17.5. The van der Waals surface area contributed by atoms with Crippen LogP contribution in [0, 0.1) is 0 Å². The Morgan fingerprint density at radius 3 is 2.44 bits per heavy atom. The number of ether oxygens (including phenoxy) is 2. The lowest BCUT2D eigenvalue weighted by Gasteiger charge is -2.04. The van der Waals surface area contributed by atoms with Crippen molar-refractivity contribution in [1.29, 1.82) is 0 Å². The van der Waals surface area contributed by atoms with Gasteiger partial charge < -0.3 is 13.9 Å². The van der Waals surface area contributed by atoms with E-state index in [2.05, 4.69) is 27.6 Å². The number of rotatable bonds is 9. The Labute approximate surface area is 165 Å². The molecule has 0 N–H and O–H groups in total. The number of hydrogen-bond donors (Lipinski definition) is 0. The summed E-state index contributed by atoms with van der Waals surface area (Å²) in [6.07, 6.45) is 1.86. The van der Waals surface area contributed by atoms with Crippen LogP contribution in [-0.4, -0.2) is 28.5 Å². The van der Waals surface area contributed by atoms with Gasteiger partial charge in [-0.3, -0.25) is 0 Å². The first-order valence-corrected chi connectivity index (χ1v) is 10.2. The first kappa shape index (κ1) is 18.3. The summed E-state index contributed by atoms with van der Waals surface area (Å²) in [5.74, 6) is 2.82. The topological polar surface area (TPSA) is 44.5 Å². The summed E-state index contributed by atoms with van der Waals surface area (Å²) in [6.45, 7) is 1.33. The van der Waals surface area contributed by atoms with Crippen LogP contribution in [0.15, 0.2) is 46.9 Å². The van der Waals surface area contributed by atoms with Crippen molar-refractivity contribution in [2.45, 2.75) is 12.8 Å². The molecule has 0 saturated heterocycles. The molecule has 2 aromatic carbocycles. The molecule has 0 unspecified atom stereocenters. The highest BCUT2D eigenvalue weighted by molar-refractivity contribution is 14.1. The molecule has 0 radical (unpaired) electrons. The summed E-state index contributed by atoms with van der Waals surface area (Å²) >= 11 is 7.99. The van der Waals surface area contributed by atoms with E-state index in [9.17, 15) is 0 Å². The quantitative estimate of drug-likeness (QED) is 0.228. The van der Waals surface area contributed by atoms with Gasteiger partial charge >= 0.3 is 0 Å². The first-order chi connectivity index (χ1) is 12.3. The number of nitrogens with zero attached hydrogens (tertiary/aromatic N) is 1. The molecule has 4 nitrogen and oxygen atoms in total. The van der Waals surface area contributed by atoms with Gasteiger partial charge in [0.15, 0.2) is 5.58 Å². The third-order valence-electron chi connectivity index (χ3n) is 3.55. The molecule has 0 aliphatic carbocycles. The Balaban J connectivity index is 1.72. The van der Waals surface area contributed by atoms with Crippen molar-refractivity contribution >= 4 is 45.3 Å². The minimum Gasteiger partial charge on any atom is -0.494 e. The lowest BCUT2D eigenvalue weighted by atomic mass is 10.2. The largest absolute Gasteiger partial charge is 0.494 e. The van der Waals surface area contributed by atoms with Crippen LogP contribution in [0.3, 0.4) is 0 Å². The Morgan fingerprint density at radius 2 is 1.68 bits per heavy atom. The van der Waals surface area contributed by atoms with E-state index < -0.39 is 0 Å². The standard InChI is InChI=1S/C19H19ClINO3/c20-9-1-11-23-15-5-3-14(4-6-15)19-22-17-8-7-16(13-18(17)25-19)24-12-2-10-21/h3-8,13H,1-2,9-12H2. The number of halogens is 2. The van der Waals surface area contributed by atoms with Crippen LogP contribution in [0.5, 0.6) is 11.5 Å². The molecule has 3 aromatic rings. The van der Waals surface area contributed by atoms with E-state index in [4.69, 9.17) is 25.5 Å². The van der Waals surface area contributed by atoms with Gasteiger partial charge in [-0.25, -0.2) is 4.98 Å². The summed E-state index contributed by atoms with van der Waals surface area (Å²) in [6, 6.07) is 13.5. The molecule has 0 saturated carbocycles. The highest BCUT2D eigenvalue weighted by Gasteiger charge is 2.09. The maximum Gasteiger partial charge on any atom is 0.227 e. The lowest BCUT2D eigenvalue weighted by Crippen LogP contribution is -1.97. The van der Waals surface area contributed by atoms with Crippen molar-refractivity contribution in [2.24, 2.45) is 0 Å². The average molecular weight is 472 g/mol. The van der Waals surface area contributed by atoms with Gasteiger partial charge in [-0.05, 0) is 49.2 Å². The van der Waals surface area contributed by atoms with E-state index in [1.807, 2.05) is 42.5 Å². The summed E-state index contributed by atoms with van der Waals surface area (Å²) in [7, 11) is 0. The predicted molar refractivity (Wildman–Crippen MR) is 109 cm³/mol. The van der Waals surface area contributed by atoms with Crippen molar-refractivity contribution in [3.8, 4) is 23.0 Å². The Bertz CT molecular complexity index is 804. The predicted octanol–water partition coefficient (Wildman–Crippen LogP) is 5.71. The van der Waals surface area contributed by atoms with Crippen LogP contribution in [0.4, 0.5) is 0 Å². The molecule has 132 valence electrons. The molecule has 0 atom stereocenters. The van der Waals surface area contributed by atoms with Gasteiger partial charge in [0.25, 0.3) is 0 Å². The molecule has 1 aromatic heterocycles. The summed E-state index contributed by atoms with van der Waals surface area (Å²) in [4.78, 5) is 4.54. The normalized spacial score (nSPS) is 11.0. The second kappa shape index (κ2) is 9.29. The van der Waals surface area contributed by atoms with Crippen LogP contribution in [0.2, 0.25) is 0 Å². The van der Waals surface area contributed by atoms with Crippen LogP contribution >= 0.6 is 34.2 Å². The van der Waals surface area contributed by atoms with Gasteiger partial charge in [0, 0.05) is 21.9 Å². The minimum absolute atomic E-state index is 0.590. The monoisotopic (exact) mass is 471 g/mol. The van der Waals surface area contributed by atoms with Gasteiger partial charge in [0.05, 0.1) is 13.2 Å². The van der Waals surface area contributed by atoms with E-state index in [0.29, 0.717) is 25.0 Å². The summed E-state index contributed by atoms with van der Waals surface area (Å²) in [5.41, 5.74) is 2.45. The van der Waals surface area contributed by atoms with Gasteiger partial charge in [0.2, 0.25) is 5.89 Å². The minimum atomic E-state index is 0.590. The molecule has 0 aliphatic rings. The highest BCUT2D eigenvalue weighted by Crippen LogP contribution is 2.28. The molecule has 0 fully saturated rings. The number of oxazole rings is 1. The van der Waals surface area contributed by atoms with Gasteiger partial charge in [-0.15, -0.1) is 11.6 Å². The van der Waals surface area contributed by atoms with Crippen molar-refractivity contribution < 1.29 is 13.9 Å². The highest BCUT2D eigenvalue weighted by atomic mass is 127. The Morgan fingerprint density at radius 1 is 0.960 bits per heavy atom. The van der Waals surface area contributed by atoms with E-state index >= 15 is 0 Å². The van der Waals surface area contributed by atoms with E-state index in [-0.39, 0.29) is 0 Å². The van der Waals surface area contributed by atoms with Crippen LogP contribution in [0.1, 0.15) is 12.8 Å². The third kappa shape index (κ3) is 5.01. The number of hydrogen-bond acceptors (Lipinski definition) is 4. The molecule has 1 heterocycles. The Hall–Kier alpha value is -1.47. The lowest BCUT2D eigenvalue weighted by molar-refractivity contribution is 0.318. The molecule has 0 spiro atoms. The van der Waals surface area contributed by atoms with E-state index in [1.165, 1.54) is 0 Å². The van der Waals surface area contributed by atoms with E-state index in [1.54, 1.807) is 0 Å². The molecule has 3 rings (SSSR count). The number of alkyl halides is 2. The zero-order valence-electron chi connectivity index (χ0n) is 13.7. The van der Waals surface area contributed by atoms with E-state index in [0.717, 1.165) is 45.4 Å². The number of aromatic nitrogens is 1. The fourth-order valence-electron chi connectivity index (χ4n) is 2.30. The maximum absolute atomic E-state index is 5.89. The second-order valence-corrected chi connectivity index (χ2v) is 6.91. The van der Waals surface area contributed by atoms with Gasteiger partial charge in [0.1, 0.15) is 17.0 Å². The van der Waals surface area contributed by atoms with Gasteiger partial charge in [-0.2, -0.15) is 0 Å². The molecule has 0 bridgehead atoms. The molecule has 25 heavy (non-hydrogen) atoms. The van der Waals surface area contributed by atoms with Crippen molar-refractivity contribution in [3.63, 3.8) is 0 Å². The van der Waals surface area contributed by atoms with Crippen molar-refractivity contribution in [2.75, 3.05) is 23.5 Å². The summed E-state index contributed by atoms with van der Waals surface area (Å²) < 4.78 is 18.3. The molecule has 0 amide bonds. The molecule has 6 heteroatoms. The van der Waals surface area contributed by atoms with Crippen LogP contribution in [0.25, 0.3) is 22.6 Å². The number of benzene rings is 2. The smallest absolute Gasteiger partial charge is 0.227 e. The fraction of sp³-hybridized carbons (Fsp3) is 0.316. The molecular formula is C19H19ClINO3. The average Bonchev–Trinajstić information content (AvgIpc) is 3.06. The molecule has 0 aliphatic heterocycles.